The Bertz CT molecular complexity index is 2070. The molecule has 0 saturated carbocycles. The molecule has 37 heavy (non-hydrogen) atoms. The lowest BCUT2D eigenvalue weighted by Gasteiger charge is -2.18. The van der Waals surface area contributed by atoms with E-state index >= 15 is 0 Å². The molecule has 0 unspecified atom stereocenters. The topological polar surface area (TPSA) is 13.1 Å². The van der Waals surface area contributed by atoms with Crippen molar-refractivity contribution in [2.24, 2.45) is 0 Å². The van der Waals surface area contributed by atoms with E-state index in [1.807, 2.05) is 12.1 Å². The number of furan rings is 1. The van der Waals surface area contributed by atoms with Gasteiger partial charge in [-0.25, -0.2) is 0 Å². The monoisotopic (exact) mass is 470 g/mol. The second-order valence-corrected chi connectivity index (χ2v) is 9.65. The predicted molar refractivity (Wildman–Crippen MR) is 157 cm³/mol. The Hall–Kier alpha value is -4.88. The molecule has 172 valence electrons. The largest absolute Gasteiger partial charge is 0.455 e. The van der Waals surface area contributed by atoms with Crippen LogP contribution in [0.2, 0.25) is 0 Å². The van der Waals surface area contributed by atoms with Crippen LogP contribution in [0.5, 0.6) is 0 Å². The van der Waals surface area contributed by atoms with Crippen LogP contribution in [0.3, 0.4) is 0 Å². The van der Waals surface area contributed by atoms with E-state index in [1.54, 1.807) is 0 Å². The van der Waals surface area contributed by atoms with E-state index in [4.69, 9.17) is 4.42 Å². The van der Waals surface area contributed by atoms with Crippen molar-refractivity contribution in [2.75, 3.05) is 0 Å². The van der Waals surface area contributed by atoms with Gasteiger partial charge in [-0.1, -0.05) is 121 Å². The minimum absolute atomic E-state index is 0.929. The summed E-state index contributed by atoms with van der Waals surface area (Å²) in [5, 5.41) is 9.73. The van der Waals surface area contributed by atoms with Crippen LogP contribution in [0, 0.1) is 0 Å². The molecule has 0 fully saturated rings. The first-order valence-corrected chi connectivity index (χ1v) is 12.7. The molecule has 0 N–H and O–H groups in total. The molecular formula is C36H22O. The van der Waals surface area contributed by atoms with Gasteiger partial charge in [-0.05, 0) is 61.3 Å². The first kappa shape index (κ1) is 20.3. The van der Waals surface area contributed by atoms with Gasteiger partial charge in [0.05, 0.1) is 0 Å². The second kappa shape index (κ2) is 7.81. The fraction of sp³-hybridized carbons (Fsp3) is 0. The van der Waals surface area contributed by atoms with E-state index in [-0.39, 0.29) is 0 Å². The molecule has 8 aromatic rings. The van der Waals surface area contributed by atoms with Crippen LogP contribution < -0.4 is 0 Å². The zero-order valence-electron chi connectivity index (χ0n) is 20.1. The minimum atomic E-state index is 0.929. The summed E-state index contributed by atoms with van der Waals surface area (Å²) < 4.78 is 6.41. The summed E-state index contributed by atoms with van der Waals surface area (Å²) in [6, 6.07) is 47.8. The normalized spacial score (nSPS) is 11.8. The van der Waals surface area contributed by atoms with Gasteiger partial charge < -0.3 is 4.42 Å². The van der Waals surface area contributed by atoms with Crippen molar-refractivity contribution in [1.29, 1.82) is 0 Å². The van der Waals surface area contributed by atoms with Crippen LogP contribution >= 0.6 is 0 Å². The number of hydrogen-bond acceptors (Lipinski definition) is 1. The van der Waals surface area contributed by atoms with Crippen LogP contribution in [0.15, 0.2) is 138 Å². The zero-order valence-corrected chi connectivity index (χ0v) is 20.1. The minimum Gasteiger partial charge on any atom is -0.455 e. The number of rotatable bonds is 2. The lowest BCUT2D eigenvalue weighted by atomic mass is 9.84. The average Bonchev–Trinajstić information content (AvgIpc) is 3.35. The van der Waals surface area contributed by atoms with Gasteiger partial charge >= 0.3 is 0 Å². The van der Waals surface area contributed by atoms with Gasteiger partial charge in [0.2, 0.25) is 0 Å². The van der Waals surface area contributed by atoms with Gasteiger partial charge in [0, 0.05) is 16.2 Å². The first-order valence-electron chi connectivity index (χ1n) is 12.7. The smallest absolute Gasteiger partial charge is 0.143 e. The highest BCUT2D eigenvalue weighted by molar-refractivity contribution is 6.25. The SMILES string of the molecule is c1ccc(-c2c3ccccc3c(-c3cccc4c3ccc3c5ccccc5oc43)c3ccccc23)cc1. The summed E-state index contributed by atoms with van der Waals surface area (Å²) in [5.41, 5.74) is 6.91. The summed E-state index contributed by atoms with van der Waals surface area (Å²) in [6.45, 7) is 0. The van der Waals surface area contributed by atoms with Gasteiger partial charge in [0.15, 0.2) is 0 Å². The Morgan fingerprint density at radius 3 is 1.54 bits per heavy atom. The quantitative estimate of drug-likeness (QED) is 0.229. The Morgan fingerprint density at radius 1 is 0.324 bits per heavy atom. The fourth-order valence-electron chi connectivity index (χ4n) is 6.09. The van der Waals surface area contributed by atoms with Crippen molar-refractivity contribution in [3.8, 4) is 22.3 Å². The number of fused-ring (bicyclic) bond motifs is 7. The van der Waals surface area contributed by atoms with Gasteiger partial charge in [-0.2, -0.15) is 0 Å². The van der Waals surface area contributed by atoms with Crippen molar-refractivity contribution in [3.05, 3.63) is 133 Å². The summed E-state index contributed by atoms with van der Waals surface area (Å²) in [4.78, 5) is 0. The van der Waals surface area contributed by atoms with Crippen LogP contribution in [0.1, 0.15) is 0 Å². The third-order valence-corrected chi connectivity index (χ3v) is 7.66. The van der Waals surface area contributed by atoms with E-state index in [0.717, 1.165) is 27.3 Å². The molecule has 8 rings (SSSR count). The van der Waals surface area contributed by atoms with Crippen LogP contribution in [0.4, 0.5) is 0 Å². The van der Waals surface area contributed by atoms with Crippen LogP contribution in [-0.2, 0) is 0 Å². The van der Waals surface area contributed by atoms with Crippen molar-refractivity contribution in [3.63, 3.8) is 0 Å². The maximum absolute atomic E-state index is 6.41. The molecule has 1 aromatic heterocycles. The zero-order chi connectivity index (χ0) is 24.3. The van der Waals surface area contributed by atoms with Crippen LogP contribution in [-0.4, -0.2) is 0 Å². The van der Waals surface area contributed by atoms with Crippen molar-refractivity contribution < 1.29 is 4.42 Å². The summed E-state index contributed by atoms with van der Waals surface area (Å²) in [7, 11) is 0. The van der Waals surface area contributed by atoms with E-state index in [1.165, 1.54) is 49.2 Å². The lowest BCUT2D eigenvalue weighted by Crippen LogP contribution is -1.91. The molecule has 0 spiro atoms. The third-order valence-electron chi connectivity index (χ3n) is 7.66. The fourth-order valence-corrected chi connectivity index (χ4v) is 6.09. The number of hydrogen-bond donors (Lipinski definition) is 0. The van der Waals surface area contributed by atoms with Crippen LogP contribution in [0.25, 0.3) is 76.5 Å². The molecule has 0 saturated heterocycles. The van der Waals surface area contributed by atoms with Gasteiger partial charge in [0.1, 0.15) is 11.2 Å². The maximum atomic E-state index is 6.41. The average molecular weight is 471 g/mol. The highest BCUT2D eigenvalue weighted by atomic mass is 16.3. The first-order chi connectivity index (χ1) is 18.4. The Labute approximate surface area is 214 Å². The molecular weight excluding hydrogens is 448 g/mol. The second-order valence-electron chi connectivity index (χ2n) is 9.65. The molecule has 1 nitrogen and oxygen atoms in total. The highest BCUT2D eigenvalue weighted by Crippen LogP contribution is 2.46. The molecule has 0 aliphatic heterocycles. The summed E-state index contributed by atoms with van der Waals surface area (Å²) >= 11 is 0. The summed E-state index contributed by atoms with van der Waals surface area (Å²) in [6.07, 6.45) is 0. The number of benzene rings is 7. The van der Waals surface area contributed by atoms with Gasteiger partial charge in [-0.15, -0.1) is 0 Å². The van der Waals surface area contributed by atoms with Crippen molar-refractivity contribution in [2.45, 2.75) is 0 Å². The standard InChI is InChI=1S/C36H22O/c1-2-11-23(12-3-1)34-27-14-4-6-16-29(27)35(30-17-7-5-15-28(30)34)26-18-10-19-31-24(26)21-22-32-25-13-8-9-20-33(25)37-36(31)32/h1-22H. The van der Waals surface area contributed by atoms with Crippen molar-refractivity contribution in [1.82, 2.24) is 0 Å². The Kier molecular flexibility index (Phi) is 4.29. The molecule has 0 atom stereocenters. The maximum Gasteiger partial charge on any atom is 0.143 e. The van der Waals surface area contributed by atoms with E-state index < -0.39 is 0 Å². The van der Waals surface area contributed by atoms with E-state index in [9.17, 15) is 0 Å². The molecule has 0 radical (unpaired) electrons. The lowest BCUT2D eigenvalue weighted by molar-refractivity contribution is 0.672. The number of para-hydroxylation sites is 1. The van der Waals surface area contributed by atoms with E-state index in [0.29, 0.717) is 0 Å². The third kappa shape index (κ3) is 2.92. The van der Waals surface area contributed by atoms with Crippen molar-refractivity contribution >= 4 is 54.3 Å². The van der Waals surface area contributed by atoms with E-state index in [2.05, 4.69) is 121 Å². The van der Waals surface area contributed by atoms with Gasteiger partial charge in [-0.3, -0.25) is 0 Å². The molecule has 0 aliphatic rings. The molecule has 7 aromatic carbocycles. The molecule has 0 amide bonds. The highest BCUT2D eigenvalue weighted by Gasteiger charge is 2.19. The molecule has 0 aliphatic carbocycles. The molecule has 1 heterocycles. The summed E-state index contributed by atoms with van der Waals surface area (Å²) in [5.74, 6) is 0. The Balaban J connectivity index is 1.54. The van der Waals surface area contributed by atoms with Gasteiger partial charge in [0.25, 0.3) is 0 Å². The molecule has 0 bridgehead atoms. The molecule has 1 heteroatoms. The Morgan fingerprint density at radius 2 is 0.838 bits per heavy atom. The predicted octanol–water partition coefficient (Wildman–Crippen LogP) is 10.4.